The second-order valence-corrected chi connectivity index (χ2v) is 6.00. The Morgan fingerprint density at radius 2 is 2.15 bits per heavy atom. The number of nitro benzene ring substituents is 1. The Morgan fingerprint density at radius 3 is 2.81 bits per heavy atom. The van der Waals surface area contributed by atoms with E-state index in [0.717, 1.165) is 0 Å². The van der Waals surface area contributed by atoms with Crippen LogP contribution in [0.3, 0.4) is 0 Å². The van der Waals surface area contributed by atoms with Crippen LogP contribution in [0.4, 0.5) is 10.1 Å². The summed E-state index contributed by atoms with van der Waals surface area (Å²) < 4.78 is 19.3. The Morgan fingerprint density at radius 1 is 1.37 bits per heavy atom. The van der Waals surface area contributed by atoms with Crippen molar-refractivity contribution in [2.45, 2.75) is 6.54 Å². The summed E-state index contributed by atoms with van der Waals surface area (Å²) in [5.74, 6) is -1.02. The molecule has 0 amide bonds. The molecule has 0 N–H and O–H groups in total. The smallest absolute Gasteiger partial charge is 0.330 e. The molecule has 138 valence electrons. The fourth-order valence-corrected chi connectivity index (χ4v) is 2.80. The van der Waals surface area contributed by atoms with E-state index in [1.165, 1.54) is 54.3 Å². The van der Waals surface area contributed by atoms with Gasteiger partial charge < -0.3 is 4.74 Å². The maximum atomic E-state index is 13.3. The zero-order valence-corrected chi connectivity index (χ0v) is 14.8. The highest BCUT2D eigenvalue weighted by Crippen LogP contribution is 2.27. The molecule has 1 aromatic heterocycles. The van der Waals surface area contributed by atoms with E-state index in [1.807, 2.05) is 0 Å². The SMILES string of the molecule is COC(=O)/C=C/c1nn(Cc2ccc(F)cc2Cl)c2cc([N+](=O)[O-])ccc12. The van der Waals surface area contributed by atoms with Gasteiger partial charge in [-0.05, 0) is 29.8 Å². The van der Waals surface area contributed by atoms with Crippen molar-refractivity contribution in [2.75, 3.05) is 7.11 Å². The maximum Gasteiger partial charge on any atom is 0.330 e. The second kappa shape index (κ2) is 7.55. The summed E-state index contributed by atoms with van der Waals surface area (Å²) in [5, 5.41) is 16.3. The number of methoxy groups -OCH3 is 1. The maximum absolute atomic E-state index is 13.3. The van der Waals surface area contributed by atoms with Gasteiger partial charge in [-0.1, -0.05) is 17.7 Å². The highest BCUT2D eigenvalue weighted by Gasteiger charge is 2.15. The molecule has 7 nitrogen and oxygen atoms in total. The number of esters is 1. The molecule has 0 atom stereocenters. The van der Waals surface area contributed by atoms with Crippen LogP contribution in [0.15, 0.2) is 42.5 Å². The Kier molecular flexibility index (Phi) is 5.18. The predicted octanol–water partition coefficient (Wildman–Crippen LogP) is 3.97. The number of rotatable bonds is 5. The standard InChI is InChI=1S/C18H13ClFN3O4/c1-27-18(24)7-6-16-14-5-4-13(23(25)26)9-17(14)22(21-16)10-11-2-3-12(20)8-15(11)19/h2-9H,10H2,1H3/b7-6+. The summed E-state index contributed by atoms with van der Waals surface area (Å²) >= 11 is 6.08. The molecule has 0 fully saturated rings. The average molecular weight is 390 g/mol. The third-order valence-electron chi connectivity index (χ3n) is 3.89. The second-order valence-electron chi connectivity index (χ2n) is 5.59. The van der Waals surface area contributed by atoms with Gasteiger partial charge in [0.1, 0.15) is 5.82 Å². The molecule has 1 heterocycles. The van der Waals surface area contributed by atoms with E-state index >= 15 is 0 Å². The number of carbonyl (C=O) groups excluding carboxylic acids is 1. The lowest BCUT2D eigenvalue weighted by Crippen LogP contribution is -2.03. The number of aromatic nitrogens is 2. The monoisotopic (exact) mass is 389 g/mol. The first kappa shape index (κ1) is 18.5. The van der Waals surface area contributed by atoms with E-state index in [2.05, 4.69) is 9.84 Å². The van der Waals surface area contributed by atoms with Crippen molar-refractivity contribution in [1.82, 2.24) is 9.78 Å². The van der Waals surface area contributed by atoms with Crippen molar-refractivity contribution in [1.29, 1.82) is 0 Å². The molecule has 9 heteroatoms. The average Bonchev–Trinajstić information content (AvgIpc) is 2.99. The number of benzene rings is 2. The van der Waals surface area contributed by atoms with Crippen LogP contribution in [0.25, 0.3) is 17.0 Å². The summed E-state index contributed by atoms with van der Waals surface area (Å²) in [6.07, 6.45) is 2.67. The summed E-state index contributed by atoms with van der Waals surface area (Å²) in [6.45, 7) is 0.169. The summed E-state index contributed by atoms with van der Waals surface area (Å²) in [7, 11) is 1.25. The zero-order valence-electron chi connectivity index (χ0n) is 14.1. The van der Waals surface area contributed by atoms with Crippen LogP contribution >= 0.6 is 11.6 Å². The third kappa shape index (κ3) is 3.95. The fourth-order valence-electron chi connectivity index (χ4n) is 2.57. The van der Waals surface area contributed by atoms with Crippen LogP contribution in [0.2, 0.25) is 5.02 Å². The highest BCUT2D eigenvalue weighted by molar-refractivity contribution is 6.31. The Labute approximate surface area is 157 Å². The Hall–Kier alpha value is -3.26. The molecule has 2 aromatic carbocycles. The zero-order chi connectivity index (χ0) is 19.6. The van der Waals surface area contributed by atoms with E-state index in [1.54, 1.807) is 6.07 Å². The van der Waals surface area contributed by atoms with Crippen LogP contribution in [0.1, 0.15) is 11.3 Å². The van der Waals surface area contributed by atoms with Crippen LogP contribution < -0.4 is 0 Å². The van der Waals surface area contributed by atoms with Crippen molar-refractivity contribution >= 4 is 40.2 Å². The van der Waals surface area contributed by atoms with E-state index in [0.29, 0.717) is 22.2 Å². The predicted molar refractivity (Wildman–Crippen MR) is 97.9 cm³/mol. The van der Waals surface area contributed by atoms with Gasteiger partial charge in [-0.15, -0.1) is 0 Å². The van der Waals surface area contributed by atoms with E-state index < -0.39 is 16.7 Å². The number of fused-ring (bicyclic) bond motifs is 1. The van der Waals surface area contributed by atoms with Gasteiger partial charge in [0.25, 0.3) is 5.69 Å². The largest absolute Gasteiger partial charge is 0.466 e. The molecular formula is C18H13ClFN3O4. The topological polar surface area (TPSA) is 87.3 Å². The van der Waals surface area contributed by atoms with Gasteiger partial charge in [0, 0.05) is 28.6 Å². The van der Waals surface area contributed by atoms with Gasteiger partial charge in [0.05, 0.1) is 29.8 Å². The number of nitro groups is 1. The molecule has 0 bridgehead atoms. The quantitative estimate of drug-likeness (QED) is 0.285. The lowest BCUT2D eigenvalue weighted by molar-refractivity contribution is -0.384. The number of halogens is 2. The van der Waals surface area contributed by atoms with Crippen LogP contribution in [0, 0.1) is 15.9 Å². The molecule has 0 aliphatic rings. The first-order valence-electron chi connectivity index (χ1n) is 7.74. The van der Waals surface area contributed by atoms with Gasteiger partial charge in [0.2, 0.25) is 0 Å². The molecule has 0 unspecified atom stereocenters. The summed E-state index contributed by atoms with van der Waals surface area (Å²) in [4.78, 5) is 21.9. The number of ether oxygens (including phenoxy) is 1. The molecule has 0 aliphatic heterocycles. The minimum atomic E-state index is -0.554. The highest BCUT2D eigenvalue weighted by atomic mass is 35.5. The number of hydrogen-bond donors (Lipinski definition) is 0. The molecule has 3 rings (SSSR count). The minimum absolute atomic E-state index is 0.0997. The molecule has 0 radical (unpaired) electrons. The molecule has 0 aliphatic carbocycles. The first-order valence-corrected chi connectivity index (χ1v) is 8.11. The van der Waals surface area contributed by atoms with E-state index in [4.69, 9.17) is 11.6 Å². The normalized spacial score (nSPS) is 11.2. The molecule has 27 heavy (non-hydrogen) atoms. The molecular weight excluding hydrogens is 377 g/mol. The molecule has 0 saturated carbocycles. The molecule has 0 saturated heterocycles. The number of nitrogens with zero attached hydrogens (tertiary/aromatic N) is 3. The van der Waals surface area contributed by atoms with Gasteiger partial charge in [-0.3, -0.25) is 14.8 Å². The van der Waals surface area contributed by atoms with Crippen molar-refractivity contribution < 1.29 is 18.8 Å². The van der Waals surface area contributed by atoms with Gasteiger partial charge >= 0.3 is 5.97 Å². The lowest BCUT2D eigenvalue weighted by Gasteiger charge is -2.06. The lowest BCUT2D eigenvalue weighted by atomic mass is 10.1. The van der Waals surface area contributed by atoms with Crippen LogP contribution in [-0.2, 0) is 16.1 Å². The van der Waals surface area contributed by atoms with Gasteiger partial charge in [-0.25, -0.2) is 9.18 Å². The van der Waals surface area contributed by atoms with Crippen LogP contribution in [0.5, 0.6) is 0 Å². The van der Waals surface area contributed by atoms with Gasteiger partial charge in [-0.2, -0.15) is 5.10 Å². The molecule has 3 aromatic rings. The first-order chi connectivity index (χ1) is 12.9. The summed E-state index contributed by atoms with van der Waals surface area (Å²) in [6, 6.07) is 8.27. The number of carbonyl (C=O) groups is 1. The third-order valence-corrected chi connectivity index (χ3v) is 4.24. The van der Waals surface area contributed by atoms with E-state index in [-0.39, 0.29) is 17.3 Å². The Bertz CT molecular complexity index is 1080. The Balaban J connectivity index is 2.11. The fraction of sp³-hybridized carbons (Fsp3) is 0.111. The van der Waals surface area contributed by atoms with Crippen LogP contribution in [-0.4, -0.2) is 27.8 Å². The molecule has 0 spiro atoms. The number of non-ortho nitro benzene ring substituents is 1. The number of hydrogen-bond acceptors (Lipinski definition) is 5. The van der Waals surface area contributed by atoms with Crippen molar-refractivity contribution in [2.24, 2.45) is 0 Å². The van der Waals surface area contributed by atoms with Crippen molar-refractivity contribution in [3.8, 4) is 0 Å². The van der Waals surface area contributed by atoms with Crippen molar-refractivity contribution in [3.63, 3.8) is 0 Å². The van der Waals surface area contributed by atoms with Gasteiger partial charge in [0.15, 0.2) is 0 Å². The van der Waals surface area contributed by atoms with Crippen molar-refractivity contribution in [3.05, 3.63) is 74.7 Å². The van der Waals surface area contributed by atoms with E-state index in [9.17, 15) is 19.3 Å². The summed E-state index contributed by atoms with van der Waals surface area (Å²) in [5.41, 5.74) is 1.41. The minimum Gasteiger partial charge on any atom is -0.466 e.